The highest BCUT2D eigenvalue weighted by atomic mass is 32.2. The Bertz CT molecular complexity index is 2670. The molecule has 4 aliphatic carbocycles. The van der Waals surface area contributed by atoms with Gasteiger partial charge in [0.05, 0.1) is 26.9 Å². The zero-order chi connectivity index (χ0) is 53.0. The van der Waals surface area contributed by atoms with Gasteiger partial charge in [-0.15, -0.1) is 11.8 Å². The summed E-state index contributed by atoms with van der Waals surface area (Å²) in [5.74, 6) is 1.55. The Kier molecular flexibility index (Phi) is 16.8. The van der Waals surface area contributed by atoms with Crippen LogP contribution in [0, 0.1) is 11.8 Å². The molecule has 75 heavy (non-hydrogen) atoms. The molecule has 2 N–H and O–H groups in total. The second-order valence-corrected chi connectivity index (χ2v) is 24.8. The molecule has 4 aromatic rings. The van der Waals surface area contributed by atoms with Crippen LogP contribution in [0.5, 0.6) is 0 Å². The molecule has 2 aromatic heterocycles. The molecular weight excluding hydrogens is 981 g/mol. The molecule has 1 atom stereocenters. The number of amides is 6. The molecule has 6 amide bonds. The number of carbonyl (C=O) groups excluding carboxylic acids is 4. The minimum atomic E-state index is -1.24. The van der Waals surface area contributed by atoms with E-state index in [1.54, 1.807) is 40.3 Å². The summed E-state index contributed by atoms with van der Waals surface area (Å²) in [5, 5.41) is 6.97. The number of urea groups is 2. The fraction of sp³-hybridized carbons (Fsp3) is 0.552. The van der Waals surface area contributed by atoms with Crippen LogP contribution in [0.4, 0.5) is 21.2 Å². The molecule has 2 spiro atoms. The van der Waals surface area contributed by atoms with Gasteiger partial charge in [0.1, 0.15) is 29.8 Å². The highest BCUT2D eigenvalue weighted by Crippen LogP contribution is 2.51. The lowest BCUT2D eigenvalue weighted by molar-refractivity contribution is -0.117. The standard InChI is InChI=1S/C29H39N5O3S.C29H39N5O2S/c1-32(2)29(23-11-5-4-6-12-23)17-15-28(16-18-29)21-33(27(36)34(28)19-22-9-7-10-22)20-25(35)30-24-13-8-14-26(31-24)38(3)37;1-32(2)29(23-11-5-4-6-12-23)17-15-28(16-18-29)21-33(27(36)34(28)19-22-9-7-10-22)20-25(35)30-24-13-8-14-26(31-24)37-3/h4-6,8,11-14,22H,7,9-10,15-21H2,1-3H3,(H,30,31,35);4-6,8,11-14,22H,7,9-10,15-21H2,1-3H3,(H,30,31,35). The maximum Gasteiger partial charge on any atom is 0.321 e. The molecule has 0 bridgehead atoms. The summed E-state index contributed by atoms with van der Waals surface area (Å²) >= 11 is 1.53. The molecule has 6 fully saturated rings. The Morgan fingerprint density at radius 3 is 1.39 bits per heavy atom. The lowest BCUT2D eigenvalue weighted by Gasteiger charge is -2.51. The van der Waals surface area contributed by atoms with E-state index in [1.165, 1.54) is 61.4 Å². The van der Waals surface area contributed by atoms with E-state index in [0.29, 0.717) is 41.6 Å². The Morgan fingerprint density at radius 2 is 1.01 bits per heavy atom. The molecular formula is C58H78N10O5S2. The van der Waals surface area contributed by atoms with Gasteiger partial charge in [0.25, 0.3) is 0 Å². The quantitative estimate of drug-likeness (QED) is 0.104. The van der Waals surface area contributed by atoms with Crippen LogP contribution < -0.4 is 10.6 Å². The lowest BCUT2D eigenvalue weighted by Crippen LogP contribution is -2.56. The number of hydrogen-bond acceptors (Lipinski definition) is 10. The number of anilines is 2. The summed E-state index contributed by atoms with van der Waals surface area (Å²) in [6, 6.07) is 32.2. The van der Waals surface area contributed by atoms with Gasteiger partial charge in [0, 0.05) is 43.5 Å². The fourth-order valence-corrected chi connectivity index (χ4v) is 13.9. The zero-order valence-corrected chi connectivity index (χ0v) is 46.6. The van der Waals surface area contributed by atoms with Crippen molar-refractivity contribution in [3.8, 4) is 0 Å². The third kappa shape index (κ3) is 11.5. The van der Waals surface area contributed by atoms with Gasteiger partial charge in [-0.05, 0) is 159 Å². The normalized spacial score (nSPS) is 26.3. The van der Waals surface area contributed by atoms with Gasteiger partial charge in [-0.1, -0.05) is 85.6 Å². The average Bonchev–Trinajstić information content (AvgIpc) is 3.79. The Morgan fingerprint density at radius 1 is 0.600 bits per heavy atom. The topological polar surface area (TPSA) is 155 Å². The number of thioether (sulfide) groups is 1. The van der Waals surface area contributed by atoms with Crippen LogP contribution >= 0.6 is 11.8 Å². The summed E-state index contributed by atoms with van der Waals surface area (Å²) < 4.78 is 11.8. The highest BCUT2D eigenvalue weighted by Gasteiger charge is 2.57. The maximum atomic E-state index is 13.8. The summed E-state index contributed by atoms with van der Waals surface area (Å²) in [7, 11) is 7.42. The average molecular weight is 1060 g/mol. The van der Waals surface area contributed by atoms with Gasteiger partial charge in [-0.3, -0.25) is 23.6 Å². The third-order valence-corrected chi connectivity index (χ3v) is 19.4. The number of benzene rings is 2. The molecule has 4 saturated carbocycles. The van der Waals surface area contributed by atoms with Gasteiger partial charge in [0.15, 0.2) is 0 Å². The summed E-state index contributed by atoms with van der Waals surface area (Å²) in [5.41, 5.74) is 2.13. The van der Waals surface area contributed by atoms with Crippen LogP contribution in [0.25, 0.3) is 0 Å². The van der Waals surface area contributed by atoms with E-state index < -0.39 is 10.8 Å². The first-order chi connectivity index (χ1) is 36.1. The first kappa shape index (κ1) is 54.4. The molecule has 2 saturated heterocycles. The van der Waals surface area contributed by atoms with Crippen molar-refractivity contribution in [3.63, 3.8) is 0 Å². The number of nitrogens with zero attached hydrogens (tertiary/aromatic N) is 8. The van der Waals surface area contributed by atoms with Gasteiger partial charge < -0.3 is 30.2 Å². The molecule has 0 radical (unpaired) electrons. The predicted molar refractivity (Wildman–Crippen MR) is 298 cm³/mol. The molecule has 15 nitrogen and oxygen atoms in total. The SMILES string of the molecule is CN(C)C1(c2ccccc2)CCC2(CC1)CN(CC(=O)Nc1cccc(S(C)=O)n1)C(=O)N2CC1CCC1.CSc1cccc(NC(=O)CN2CC3(CCC(c4ccccc4)(N(C)C)CC3)N(CC3CCC3)C2=O)n1. The predicted octanol–water partition coefficient (Wildman–Crippen LogP) is 9.11. The first-order valence-electron chi connectivity index (χ1n) is 27.1. The molecule has 4 heterocycles. The van der Waals surface area contributed by atoms with Crippen molar-refractivity contribution in [3.05, 3.63) is 108 Å². The number of pyridine rings is 2. The van der Waals surface area contributed by atoms with Crippen molar-refractivity contribution in [2.75, 3.05) is 90.6 Å². The summed E-state index contributed by atoms with van der Waals surface area (Å²) in [6.07, 6.45) is 18.3. The highest BCUT2D eigenvalue weighted by molar-refractivity contribution is 7.98. The van der Waals surface area contributed by atoms with E-state index in [1.807, 2.05) is 18.4 Å². The van der Waals surface area contributed by atoms with Crippen LogP contribution in [0.2, 0.25) is 0 Å². The van der Waals surface area contributed by atoms with Crippen molar-refractivity contribution in [2.24, 2.45) is 11.8 Å². The van der Waals surface area contributed by atoms with E-state index in [4.69, 9.17) is 0 Å². The first-order valence-corrected chi connectivity index (χ1v) is 29.9. The van der Waals surface area contributed by atoms with Crippen molar-refractivity contribution >= 4 is 58.1 Å². The van der Waals surface area contributed by atoms with Crippen LogP contribution in [0.15, 0.2) is 107 Å². The van der Waals surface area contributed by atoms with E-state index in [-0.39, 0.29) is 59.1 Å². The largest absolute Gasteiger partial charge is 0.321 e. The molecule has 17 heteroatoms. The van der Waals surface area contributed by atoms with E-state index in [9.17, 15) is 23.4 Å². The third-order valence-electron chi connectivity index (χ3n) is 18.0. The van der Waals surface area contributed by atoms with Gasteiger partial charge in [0.2, 0.25) is 11.8 Å². The molecule has 6 aliphatic rings. The number of nitrogens with one attached hydrogen (secondary N) is 2. The smallest absolute Gasteiger partial charge is 0.317 e. The van der Waals surface area contributed by atoms with Crippen LogP contribution in [-0.4, -0.2) is 159 Å². The number of carbonyl (C=O) groups is 4. The second kappa shape index (κ2) is 23.1. The van der Waals surface area contributed by atoms with E-state index in [0.717, 1.165) is 69.5 Å². The minimum Gasteiger partial charge on any atom is -0.317 e. The Labute approximate surface area is 451 Å². The molecule has 1 unspecified atom stereocenters. The summed E-state index contributed by atoms with van der Waals surface area (Å²) in [4.78, 5) is 74.7. The summed E-state index contributed by atoms with van der Waals surface area (Å²) in [6.45, 7) is 2.82. The van der Waals surface area contributed by atoms with Gasteiger partial charge in [-0.25, -0.2) is 19.6 Å². The van der Waals surface area contributed by atoms with E-state index in [2.05, 4.69) is 129 Å². The van der Waals surface area contributed by atoms with Crippen LogP contribution in [-0.2, 0) is 31.5 Å². The molecule has 10 rings (SSSR count). The maximum absolute atomic E-state index is 13.8. The van der Waals surface area contributed by atoms with Crippen molar-refractivity contribution < 1.29 is 23.4 Å². The van der Waals surface area contributed by atoms with Crippen molar-refractivity contribution in [1.29, 1.82) is 0 Å². The minimum absolute atomic E-state index is 0.0135. The van der Waals surface area contributed by atoms with E-state index >= 15 is 0 Å². The Balaban J connectivity index is 0.000000184. The van der Waals surface area contributed by atoms with Gasteiger partial charge >= 0.3 is 12.1 Å². The monoisotopic (exact) mass is 1060 g/mol. The number of hydrogen-bond donors (Lipinski definition) is 2. The van der Waals surface area contributed by atoms with Crippen LogP contribution in [0.1, 0.15) is 101 Å². The second-order valence-electron chi connectivity index (χ2n) is 22.6. The number of rotatable bonds is 16. The molecule has 2 aliphatic heterocycles. The van der Waals surface area contributed by atoms with Gasteiger partial charge in [-0.2, -0.15) is 0 Å². The Hall–Kier alpha value is -5.36. The molecule has 402 valence electrons. The molecule has 2 aromatic carbocycles. The number of aromatic nitrogens is 2. The lowest BCUT2D eigenvalue weighted by atomic mass is 9.68. The fourth-order valence-electron chi connectivity index (χ4n) is 13.0. The van der Waals surface area contributed by atoms with Crippen molar-refractivity contribution in [1.82, 2.24) is 39.4 Å². The van der Waals surface area contributed by atoms with Crippen molar-refractivity contribution in [2.45, 2.75) is 122 Å². The zero-order valence-electron chi connectivity index (χ0n) is 45.0. The van der Waals surface area contributed by atoms with Crippen LogP contribution in [0.3, 0.4) is 0 Å².